The van der Waals surface area contributed by atoms with Crippen LogP contribution in [0.25, 0.3) is 0 Å². The molecule has 2 aromatic carbocycles. The maximum Gasteiger partial charge on any atom is 0.167 e. The topological polar surface area (TPSA) is 59.0 Å². The fourth-order valence-corrected chi connectivity index (χ4v) is 3.61. The van der Waals surface area contributed by atoms with Crippen LogP contribution in [0, 0.1) is 5.92 Å². The Labute approximate surface area is 160 Å². The van der Waals surface area contributed by atoms with Crippen LogP contribution in [-0.4, -0.2) is 42.6 Å². The van der Waals surface area contributed by atoms with Crippen LogP contribution in [0.1, 0.15) is 35.7 Å². The number of Topliss-reactive ketones (excluding diaryl/α,β-unsaturated/α-hetero) is 1. The molecule has 1 heterocycles. The molecule has 1 fully saturated rings. The zero-order valence-electron chi connectivity index (χ0n) is 16.0. The molecule has 0 spiro atoms. The maximum absolute atomic E-state index is 12.9. The minimum Gasteiger partial charge on any atom is -0.504 e. The minimum absolute atomic E-state index is 0.00525. The quantitative estimate of drug-likeness (QED) is 0.750. The van der Waals surface area contributed by atoms with Crippen molar-refractivity contribution in [1.29, 1.82) is 0 Å². The molecule has 5 nitrogen and oxygen atoms in total. The first-order chi connectivity index (χ1) is 13.1. The molecule has 5 heteroatoms. The van der Waals surface area contributed by atoms with E-state index in [-0.39, 0.29) is 17.5 Å². The van der Waals surface area contributed by atoms with Crippen LogP contribution in [0.3, 0.4) is 0 Å². The number of nitrogens with zero attached hydrogens (tertiary/aromatic N) is 1. The van der Waals surface area contributed by atoms with Gasteiger partial charge < -0.3 is 14.6 Å². The Morgan fingerprint density at radius 3 is 2.89 bits per heavy atom. The zero-order chi connectivity index (χ0) is 19.2. The van der Waals surface area contributed by atoms with Gasteiger partial charge >= 0.3 is 0 Å². The van der Waals surface area contributed by atoms with Gasteiger partial charge in [-0.3, -0.25) is 9.69 Å². The molecule has 3 rings (SSSR count). The number of piperidine rings is 1. The van der Waals surface area contributed by atoms with Crippen molar-refractivity contribution in [3.63, 3.8) is 0 Å². The normalized spacial score (nSPS) is 17.5. The summed E-state index contributed by atoms with van der Waals surface area (Å²) >= 11 is 0. The molecule has 2 aromatic rings. The van der Waals surface area contributed by atoms with Crippen molar-refractivity contribution in [2.45, 2.75) is 26.3 Å². The highest BCUT2D eigenvalue weighted by Crippen LogP contribution is 2.29. The summed E-state index contributed by atoms with van der Waals surface area (Å²) < 4.78 is 10.7. The Hall–Kier alpha value is -2.53. The van der Waals surface area contributed by atoms with Crippen LogP contribution >= 0.6 is 0 Å². The molecule has 1 aliphatic rings. The Bertz CT molecular complexity index is 790. The number of methoxy groups -OCH3 is 1. The highest BCUT2D eigenvalue weighted by Gasteiger charge is 2.27. The van der Waals surface area contributed by atoms with Gasteiger partial charge in [-0.05, 0) is 56.1 Å². The van der Waals surface area contributed by atoms with E-state index in [1.807, 2.05) is 43.3 Å². The number of hydrogen-bond acceptors (Lipinski definition) is 5. The summed E-state index contributed by atoms with van der Waals surface area (Å²) in [5.74, 6) is 1.55. The number of phenolic OH excluding ortho intramolecular Hbond substituents is 1. The molecular formula is C22H27NO4. The fraction of sp³-hybridized carbons (Fsp3) is 0.409. The van der Waals surface area contributed by atoms with E-state index in [2.05, 4.69) is 4.90 Å². The van der Waals surface area contributed by atoms with Crippen LogP contribution in [-0.2, 0) is 6.54 Å². The van der Waals surface area contributed by atoms with Crippen LogP contribution < -0.4 is 9.47 Å². The summed E-state index contributed by atoms with van der Waals surface area (Å²) in [7, 11) is 1.61. The highest BCUT2D eigenvalue weighted by molar-refractivity contribution is 5.98. The van der Waals surface area contributed by atoms with E-state index in [1.54, 1.807) is 13.2 Å². The van der Waals surface area contributed by atoms with E-state index in [4.69, 9.17) is 9.47 Å². The van der Waals surface area contributed by atoms with Crippen molar-refractivity contribution in [2.75, 3.05) is 26.8 Å². The Morgan fingerprint density at radius 2 is 2.11 bits per heavy atom. The molecule has 1 unspecified atom stereocenters. The summed E-state index contributed by atoms with van der Waals surface area (Å²) in [6, 6.07) is 12.8. The number of benzene rings is 2. The van der Waals surface area contributed by atoms with Gasteiger partial charge in [0.2, 0.25) is 0 Å². The molecule has 27 heavy (non-hydrogen) atoms. The molecule has 0 aliphatic carbocycles. The number of likely N-dealkylation sites (tertiary alicyclic amines) is 1. The molecule has 1 aliphatic heterocycles. The van der Waals surface area contributed by atoms with Crippen molar-refractivity contribution in [2.24, 2.45) is 5.92 Å². The van der Waals surface area contributed by atoms with Crippen molar-refractivity contribution in [1.82, 2.24) is 4.90 Å². The molecule has 0 amide bonds. The Kier molecular flexibility index (Phi) is 6.35. The average Bonchev–Trinajstić information content (AvgIpc) is 2.70. The summed E-state index contributed by atoms with van der Waals surface area (Å²) in [6.45, 7) is 4.85. The monoisotopic (exact) mass is 369 g/mol. The van der Waals surface area contributed by atoms with Crippen LogP contribution in [0.15, 0.2) is 42.5 Å². The Balaban J connectivity index is 1.67. The third kappa shape index (κ3) is 4.80. The zero-order valence-corrected chi connectivity index (χ0v) is 16.0. The minimum atomic E-state index is -0.00525. The van der Waals surface area contributed by atoms with Crippen LogP contribution in [0.5, 0.6) is 17.2 Å². The molecule has 1 N–H and O–H groups in total. The van der Waals surface area contributed by atoms with Gasteiger partial charge in [-0.2, -0.15) is 0 Å². The molecule has 1 saturated heterocycles. The van der Waals surface area contributed by atoms with Gasteiger partial charge in [0.1, 0.15) is 5.75 Å². The lowest BCUT2D eigenvalue weighted by molar-refractivity contribution is 0.0811. The number of carbonyl (C=O) groups excluding carboxylic acids is 1. The van der Waals surface area contributed by atoms with Crippen molar-refractivity contribution < 1.29 is 19.4 Å². The lowest BCUT2D eigenvalue weighted by atomic mass is 9.89. The van der Waals surface area contributed by atoms with Gasteiger partial charge in [0.15, 0.2) is 17.3 Å². The van der Waals surface area contributed by atoms with Crippen molar-refractivity contribution in [3.8, 4) is 17.2 Å². The number of carbonyl (C=O) groups is 1. The second-order valence-electron chi connectivity index (χ2n) is 6.91. The SMILES string of the molecule is CCOc1cc(CN2CCCC(C(=O)c3cccc(OC)c3)C2)ccc1O. The fourth-order valence-electron chi connectivity index (χ4n) is 3.61. The van der Waals surface area contributed by atoms with Gasteiger partial charge in [-0.25, -0.2) is 0 Å². The van der Waals surface area contributed by atoms with E-state index in [1.165, 1.54) is 0 Å². The summed E-state index contributed by atoms with van der Waals surface area (Å²) in [6.07, 6.45) is 1.91. The molecule has 0 aromatic heterocycles. The predicted octanol–water partition coefficient (Wildman–Crippen LogP) is 3.89. The number of phenols is 1. The van der Waals surface area contributed by atoms with Crippen LogP contribution in [0.2, 0.25) is 0 Å². The second kappa shape index (κ2) is 8.91. The largest absolute Gasteiger partial charge is 0.504 e. The van der Waals surface area contributed by atoms with Crippen LogP contribution in [0.4, 0.5) is 0 Å². The average molecular weight is 369 g/mol. The highest BCUT2D eigenvalue weighted by atomic mass is 16.5. The lowest BCUT2D eigenvalue weighted by Crippen LogP contribution is -2.38. The standard InChI is InChI=1S/C22H27NO4/c1-3-27-21-12-16(9-10-20(21)24)14-23-11-5-7-18(15-23)22(25)17-6-4-8-19(13-17)26-2/h4,6,8-10,12-13,18,24H,3,5,7,11,14-15H2,1-2H3. The first kappa shape index (κ1) is 19.2. The van der Waals surface area contributed by atoms with Gasteiger partial charge in [-0.1, -0.05) is 18.2 Å². The van der Waals surface area contributed by atoms with Crippen molar-refractivity contribution in [3.05, 3.63) is 53.6 Å². The van der Waals surface area contributed by atoms with E-state index < -0.39 is 0 Å². The van der Waals surface area contributed by atoms with Gasteiger partial charge in [-0.15, -0.1) is 0 Å². The van der Waals surface area contributed by atoms with E-state index in [0.717, 1.165) is 38.0 Å². The Morgan fingerprint density at radius 1 is 1.26 bits per heavy atom. The van der Waals surface area contributed by atoms with E-state index in [9.17, 15) is 9.90 Å². The summed E-state index contributed by atoms with van der Waals surface area (Å²) in [4.78, 5) is 15.2. The third-order valence-corrected chi connectivity index (χ3v) is 4.96. The molecular weight excluding hydrogens is 342 g/mol. The first-order valence-corrected chi connectivity index (χ1v) is 9.46. The summed E-state index contributed by atoms with van der Waals surface area (Å²) in [5, 5.41) is 9.86. The number of ketones is 1. The molecule has 0 radical (unpaired) electrons. The lowest BCUT2D eigenvalue weighted by Gasteiger charge is -2.32. The van der Waals surface area contributed by atoms with E-state index >= 15 is 0 Å². The smallest absolute Gasteiger partial charge is 0.167 e. The third-order valence-electron chi connectivity index (χ3n) is 4.96. The number of ether oxygens (including phenoxy) is 2. The maximum atomic E-state index is 12.9. The second-order valence-corrected chi connectivity index (χ2v) is 6.91. The first-order valence-electron chi connectivity index (χ1n) is 9.46. The summed E-state index contributed by atoms with van der Waals surface area (Å²) in [5.41, 5.74) is 1.79. The van der Waals surface area contributed by atoms with Crippen molar-refractivity contribution >= 4 is 5.78 Å². The predicted molar refractivity (Wildman–Crippen MR) is 105 cm³/mol. The molecule has 144 valence electrons. The molecule has 0 saturated carbocycles. The number of aromatic hydroxyl groups is 1. The van der Waals surface area contributed by atoms with Gasteiger partial charge in [0, 0.05) is 24.6 Å². The number of rotatable bonds is 7. The number of hydrogen-bond donors (Lipinski definition) is 1. The molecule has 1 atom stereocenters. The van der Waals surface area contributed by atoms with E-state index in [0.29, 0.717) is 23.7 Å². The molecule has 0 bridgehead atoms. The van der Waals surface area contributed by atoms with Gasteiger partial charge in [0.25, 0.3) is 0 Å². The van der Waals surface area contributed by atoms with Gasteiger partial charge in [0.05, 0.1) is 13.7 Å².